The average Bonchev–Trinajstić information content (AvgIpc) is 2.66. The largest absolute Gasteiger partial charge is 0.487 e. The molecule has 31 heavy (non-hydrogen) atoms. The summed E-state index contributed by atoms with van der Waals surface area (Å²) in [4.78, 5) is 13.3. The molecule has 0 spiro atoms. The van der Waals surface area contributed by atoms with Gasteiger partial charge in [-0.1, -0.05) is 24.6 Å². The van der Waals surface area contributed by atoms with E-state index in [0.717, 1.165) is 21.7 Å². The second kappa shape index (κ2) is 8.49. The average molecular weight is 449 g/mol. The highest BCUT2D eigenvalue weighted by Crippen LogP contribution is 2.40. The zero-order valence-electron chi connectivity index (χ0n) is 18.5. The van der Waals surface area contributed by atoms with Crippen LogP contribution in [0.5, 0.6) is 5.75 Å². The Labute approximate surface area is 183 Å². The van der Waals surface area contributed by atoms with E-state index in [-0.39, 0.29) is 18.2 Å². The highest BCUT2D eigenvalue weighted by molar-refractivity contribution is 7.92. The molecule has 168 valence electrons. The molecule has 1 aliphatic rings. The van der Waals surface area contributed by atoms with Gasteiger partial charge in [-0.25, -0.2) is 12.8 Å². The van der Waals surface area contributed by atoms with Crippen LogP contribution in [0.1, 0.15) is 50.8 Å². The van der Waals surface area contributed by atoms with Gasteiger partial charge in [-0.05, 0) is 57.5 Å². The first-order valence-electron chi connectivity index (χ1n) is 10.3. The number of hydrogen-bond donors (Lipinski definition) is 1. The van der Waals surface area contributed by atoms with Crippen LogP contribution in [0.2, 0.25) is 0 Å². The van der Waals surface area contributed by atoms with E-state index in [1.807, 2.05) is 39.0 Å². The van der Waals surface area contributed by atoms with Crippen LogP contribution in [0, 0.1) is 12.7 Å². The van der Waals surface area contributed by atoms with Crippen LogP contribution in [0.3, 0.4) is 0 Å². The maximum absolute atomic E-state index is 13.4. The van der Waals surface area contributed by atoms with Crippen LogP contribution in [-0.4, -0.2) is 32.2 Å². The molecule has 6 nitrogen and oxygen atoms in total. The molecule has 1 aliphatic heterocycles. The molecule has 0 fully saturated rings. The molecular weight excluding hydrogens is 419 g/mol. The Kier molecular flexibility index (Phi) is 6.32. The van der Waals surface area contributed by atoms with Gasteiger partial charge >= 0.3 is 0 Å². The molecule has 0 saturated heterocycles. The molecule has 0 saturated carbocycles. The maximum atomic E-state index is 13.4. The Balaban J connectivity index is 1.95. The third-order valence-electron chi connectivity index (χ3n) is 5.35. The molecule has 3 rings (SSSR count). The molecule has 1 amide bonds. The fraction of sp³-hybridized carbons (Fsp3) is 0.435. The van der Waals surface area contributed by atoms with Crippen molar-refractivity contribution in [3.8, 4) is 5.75 Å². The molecule has 2 aromatic rings. The highest BCUT2D eigenvalue weighted by atomic mass is 32.2. The van der Waals surface area contributed by atoms with E-state index in [0.29, 0.717) is 12.2 Å². The van der Waals surface area contributed by atoms with Gasteiger partial charge in [0.25, 0.3) is 0 Å². The first-order chi connectivity index (χ1) is 14.4. The van der Waals surface area contributed by atoms with Gasteiger partial charge in [-0.2, -0.15) is 0 Å². The number of hydrogen-bond acceptors (Lipinski definition) is 4. The molecule has 2 atom stereocenters. The number of carbonyl (C=O) groups is 1. The number of nitrogens with zero attached hydrogens (tertiary/aromatic N) is 1. The van der Waals surface area contributed by atoms with Crippen molar-refractivity contribution < 1.29 is 22.3 Å². The first-order valence-corrected chi connectivity index (χ1v) is 12.1. The third-order valence-corrected chi connectivity index (χ3v) is 6.53. The number of rotatable bonds is 6. The number of sulfonamides is 1. The van der Waals surface area contributed by atoms with E-state index >= 15 is 0 Å². The minimum absolute atomic E-state index is 0.245. The van der Waals surface area contributed by atoms with Crippen molar-refractivity contribution in [3.63, 3.8) is 0 Å². The molecule has 8 heteroatoms. The Hall–Kier alpha value is -2.61. The van der Waals surface area contributed by atoms with Gasteiger partial charge in [0.15, 0.2) is 0 Å². The number of ether oxygens (including phenoxy) is 1. The standard InChI is InChI=1S/C23H29FN2O4S/c1-6-20(26(31(5,28)29)17-10-8-16(24)9-11-17)22(27)25-19-14-23(3,4)30-21-12-7-15(2)13-18(19)21/h7-13,19-20H,6,14H2,1-5H3,(H,25,27)/t19-,20+/m0/s1. The molecule has 2 aromatic carbocycles. The monoisotopic (exact) mass is 448 g/mol. The summed E-state index contributed by atoms with van der Waals surface area (Å²) in [7, 11) is -3.79. The van der Waals surface area contributed by atoms with Crippen LogP contribution < -0.4 is 14.4 Å². The summed E-state index contributed by atoms with van der Waals surface area (Å²) in [5.41, 5.74) is 1.66. The van der Waals surface area contributed by atoms with Crippen LogP contribution in [0.25, 0.3) is 0 Å². The Morgan fingerprint density at radius 3 is 2.48 bits per heavy atom. The zero-order valence-corrected chi connectivity index (χ0v) is 19.3. The van der Waals surface area contributed by atoms with E-state index in [9.17, 15) is 17.6 Å². The summed E-state index contributed by atoms with van der Waals surface area (Å²) in [6.45, 7) is 7.62. The molecule has 0 radical (unpaired) electrons. The molecule has 0 bridgehead atoms. The Morgan fingerprint density at radius 1 is 1.26 bits per heavy atom. The second-order valence-electron chi connectivity index (χ2n) is 8.63. The second-order valence-corrected chi connectivity index (χ2v) is 10.5. The van der Waals surface area contributed by atoms with Crippen LogP contribution in [-0.2, 0) is 14.8 Å². The fourth-order valence-corrected chi connectivity index (χ4v) is 5.23. The van der Waals surface area contributed by atoms with Gasteiger partial charge in [0.1, 0.15) is 23.2 Å². The van der Waals surface area contributed by atoms with E-state index in [1.54, 1.807) is 6.92 Å². The number of amides is 1. The molecular formula is C23H29FN2O4S. The minimum Gasteiger partial charge on any atom is -0.487 e. The SMILES string of the molecule is CC[C@H](C(=O)N[C@H]1CC(C)(C)Oc2ccc(C)cc21)N(c1ccc(F)cc1)S(C)(=O)=O. The van der Waals surface area contributed by atoms with Crippen molar-refractivity contribution in [3.05, 3.63) is 59.4 Å². The van der Waals surface area contributed by atoms with Gasteiger partial charge in [0.05, 0.1) is 18.0 Å². The lowest BCUT2D eigenvalue weighted by Gasteiger charge is -2.39. The van der Waals surface area contributed by atoms with E-state index in [2.05, 4.69) is 5.32 Å². The normalized spacial score (nSPS) is 18.5. The van der Waals surface area contributed by atoms with Crippen LogP contribution in [0.4, 0.5) is 10.1 Å². The summed E-state index contributed by atoms with van der Waals surface area (Å²) in [5, 5.41) is 3.04. The molecule has 0 aromatic heterocycles. The lowest BCUT2D eigenvalue weighted by molar-refractivity contribution is -0.123. The van der Waals surface area contributed by atoms with Crippen molar-refractivity contribution >= 4 is 21.6 Å². The van der Waals surface area contributed by atoms with Crippen molar-refractivity contribution in [2.45, 2.75) is 58.2 Å². The molecule has 1 heterocycles. The van der Waals surface area contributed by atoms with Gasteiger partial charge in [-0.15, -0.1) is 0 Å². The first kappa shape index (κ1) is 23.1. The lowest BCUT2D eigenvalue weighted by atomic mass is 9.88. The number of benzene rings is 2. The fourth-order valence-electron chi connectivity index (χ4n) is 4.02. The van der Waals surface area contributed by atoms with E-state index in [1.165, 1.54) is 24.3 Å². The molecule has 0 aliphatic carbocycles. The Bertz CT molecular complexity index is 1070. The summed E-state index contributed by atoms with van der Waals surface area (Å²) in [5.74, 6) is -0.183. The number of anilines is 1. The van der Waals surface area contributed by atoms with Crippen molar-refractivity contribution in [1.29, 1.82) is 0 Å². The molecule has 1 N–H and O–H groups in total. The summed E-state index contributed by atoms with van der Waals surface area (Å²) in [6.07, 6.45) is 1.84. The van der Waals surface area contributed by atoms with Gasteiger partial charge in [-0.3, -0.25) is 9.10 Å². The van der Waals surface area contributed by atoms with Crippen LogP contribution >= 0.6 is 0 Å². The van der Waals surface area contributed by atoms with E-state index in [4.69, 9.17) is 4.74 Å². The predicted molar refractivity (Wildman–Crippen MR) is 119 cm³/mol. The number of halogens is 1. The van der Waals surface area contributed by atoms with Crippen molar-refractivity contribution in [2.24, 2.45) is 0 Å². The number of fused-ring (bicyclic) bond motifs is 1. The quantitative estimate of drug-likeness (QED) is 0.722. The van der Waals surface area contributed by atoms with Crippen molar-refractivity contribution in [1.82, 2.24) is 5.32 Å². The van der Waals surface area contributed by atoms with Crippen LogP contribution in [0.15, 0.2) is 42.5 Å². The number of carbonyl (C=O) groups excluding carboxylic acids is 1. The van der Waals surface area contributed by atoms with E-state index < -0.39 is 33.4 Å². The summed E-state index contributed by atoms with van der Waals surface area (Å²) >= 11 is 0. The highest BCUT2D eigenvalue weighted by Gasteiger charge is 2.37. The number of nitrogens with one attached hydrogen (secondary N) is 1. The van der Waals surface area contributed by atoms with Gasteiger partial charge in [0.2, 0.25) is 15.9 Å². The summed E-state index contributed by atoms with van der Waals surface area (Å²) in [6, 6.07) is 9.61. The lowest BCUT2D eigenvalue weighted by Crippen LogP contribution is -2.51. The smallest absolute Gasteiger partial charge is 0.244 e. The van der Waals surface area contributed by atoms with Gasteiger partial charge in [0, 0.05) is 12.0 Å². The predicted octanol–water partition coefficient (Wildman–Crippen LogP) is 4.10. The van der Waals surface area contributed by atoms with Gasteiger partial charge < -0.3 is 10.1 Å². The minimum atomic E-state index is -3.79. The zero-order chi connectivity index (χ0) is 23.0. The third kappa shape index (κ3) is 5.18. The maximum Gasteiger partial charge on any atom is 0.244 e. The summed E-state index contributed by atoms with van der Waals surface area (Å²) < 4.78 is 45.7. The topological polar surface area (TPSA) is 75.7 Å². The van der Waals surface area contributed by atoms with Crippen molar-refractivity contribution in [2.75, 3.05) is 10.6 Å². The Morgan fingerprint density at radius 2 is 1.90 bits per heavy atom. The number of aryl methyl sites for hydroxylation is 1. The molecule has 0 unspecified atom stereocenters.